The molecule has 1 atom stereocenters. The van der Waals surface area contributed by atoms with Crippen molar-refractivity contribution in [3.05, 3.63) is 34.9 Å². The Morgan fingerprint density at radius 3 is 2.19 bits per heavy atom. The van der Waals surface area contributed by atoms with Gasteiger partial charge < -0.3 is 4.48 Å². The summed E-state index contributed by atoms with van der Waals surface area (Å²) in [5, 5.41) is 0.121. The number of Topliss-reactive ketones (excluding diaryl/α,β-unsaturated/α-hetero) is 1. The molecule has 1 aromatic rings. The summed E-state index contributed by atoms with van der Waals surface area (Å²) in [6.07, 6.45) is 0. The highest BCUT2D eigenvalue weighted by molar-refractivity contribution is 6.34. The molecule has 16 heavy (non-hydrogen) atoms. The highest BCUT2D eigenvalue weighted by atomic mass is 35.5. The van der Waals surface area contributed by atoms with Crippen LogP contribution in [0.5, 0.6) is 0 Å². The van der Waals surface area contributed by atoms with E-state index in [9.17, 15) is 4.79 Å². The van der Waals surface area contributed by atoms with Crippen LogP contribution in [-0.2, 0) is 0 Å². The third-order valence-corrected chi connectivity index (χ3v) is 2.71. The van der Waals surface area contributed by atoms with E-state index in [0.29, 0.717) is 21.6 Å². The van der Waals surface area contributed by atoms with Gasteiger partial charge >= 0.3 is 0 Å². The first-order valence-corrected chi connectivity index (χ1v) is 5.85. The average Bonchev–Trinajstić information content (AvgIpc) is 2.15. The van der Waals surface area contributed by atoms with Crippen LogP contribution in [0.25, 0.3) is 0 Å². The minimum absolute atomic E-state index is 0.0496. The first-order valence-electron chi connectivity index (χ1n) is 5.04. The van der Waals surface area contributed by atoms with Crippen molar-refractivity contribution in [1.29, 1.82) is 0 Å². The third kappa shape index (κ3) is 4.12. The summed E-state index contributed by atoms with van der Waals surface area (Å²) in [5.41, 5.74) is 0.609. The maximum Gasteiger partial charge on any atom is 0.186 e. The van der Waals surface area contributed by atoms with E-state index in [-0.39, 0.29) is 5.78 Å². The SMILES string of the molecule is C[N+](C)(C)CC(Cl)C(=O)c1ccc(Cl)cc1. The van der Waals surface area contributed by atoms with Crippen LogP contribution in [0.4, 0.5) is 0 Å². The molecule has 1 rings (SSSR count). The molecule has 0 amide bonds. The summed E-state index contributed by atoms with van der Waals surface area (Å²) < 4.78 is 0.660. The van der Waals surface area contributed by atoms with Crippen LogP contribution in [0.2, 0.25) is 5.02 Å². The molecule has 0 heterocycles. The molecule has 1 aromatic carbocycles. The van der Waals surface area contributed by atoms with E-state index in [1.165, 1.54) is 0 Å². The number of hydrogen-bond donors (Lipinski definition) is 0. The molecule has 0 saturated heterocycles. The van der Waals surface area contributed by atoms with Crippen molar-refractivity contribution in [3.63, 3.8) is 0 Å². The van der Waals surface area contributed by atoms with Crippen LogP contribution in [0, 0.1) is 0 Å². The fourth-order valence-electron chi connectivity index (χ4n) is 1.36. The summed E-state index contributed by atoms with van der Waals surface area (Å²) in [5.74, 6) is -0.0496. The molecule has 0 N–H and O–H groups in total. The van der Waals surface area contributed by atoms with E-state index >= 15 is 0 Å². The molecule has 0 bridgehead atoms. The molecular weight excluding hydrogens is 245 g/mol. The highest BCUT2D eigenvalue weighted by Crippen LogP contribution is 2.14. The van der Waals surface area contributed by atoms with Crippen molar-refractivity contribution in [2.75, 3.05) is 27.7 Å². The van der Waals surface area contributed by atoms with Crippen LogP contribution < -0.4 is 0 Å². The smallest absolute Gasteiger partial charge is 0.186 e. The molecule has 0 fully saturated rings. The molecule has 0 saturated carbocycles. The van der Waals surface area contributed by atoms with Gasteiger partial charge in [-0.05, 0) is 24.3 Å². The molecule has 0 aliphatic carbocycles. The number of halogens is 2. The van der Waals surface area contributed by atoms with E-state index < -0.39 is 5.38 Å². The number of quaternary nitrogens is 1. The first kappa shape index (κ1) is 13.5. The predicted molar refractivity (Wildman–Crippen MR) is 68.3 cm³/mol. The number of benzene rings is 1. The third-order valence-electron chi connectivity index (χ3n) is 2.12. The second kappa shape index (κ2) is 5.17. The van der Waals surface area contributed by atoms with Gasteiger partial charge in [-0.25, -0.2) is 0 Å². The Morgan fingerprint density at radius 2 is 1.75 bits per heavy atom. The number of rotatable bonds is 4. The Labute approximate surface area is 106 Å². The summed E-state index contributed by atoms with van der Waals surface area (Å²) in [6.45, 7) is 0.600. The number of alkyl halides is 1. The zero-order chi connectivity index (χ0) is 12.3. The summed E-state index contributed by atoms with van der Waals surface area (Å²) in [7, 11) is 6.01. The second-order valence-corrected chi connectivity index (χ2v) is 5.77. The van der Waals surface area contributed by atoms with Crippen molar-refractivity contribution in [2.24, 2.45) is 0 Å². The van der Waals surface area contributed by atoms with Gasteiger partial charge in [-0.1, -0.05) is 11.6 Å². The standard InChI is InChI=1S/C12H16Cl2NO/c1-15(2,3)8-11(14)12(16)9-4-6-10(13)7-5-9/h4-7,11H,8H2,1-3H3/q+1. The molecule has 0 radical (unpaired) electrons. The summed E-state index contributed by atoms with van der Waals surface area (Å²) in [6, 6.07) is 6.81. The van der Waals surface area contributed by atoms with Crippen molar-refractivity contribution in [1.82, 2.24) is 0 Å². The largest absolute Gasteiger partial charge is 0.329 e. The van der Waals surface area contributed by atoms with Gasteiger partial charge in [0.15, 0.2) is 5.78 Å². The number of ketones is 1. The molecular formula is C12H16Cl2NO+. The lowest BCUT2D eigenvalue weighted by molar-refractivity contribution is -0.869. The predicted octanol–water partition coefficient (Wildman–Crippen LogP) is 2.84. The van der Waals surface area contributed by atoms with Gasteiger partial charge in [-0.3, -0.25) is 4.79 Å². The molecule has 0 aliphatic rings. The minimum atomic E-state index is -0.499. The minimum Gasteiger partial charge on any atom is -0.329 e. The maximum absolute atomic E-state index is 11.9. The van der Waals surface area contributed by atoms with Crippen LogP contribution in [0.1, 0.15) is 10.4 Å². The molecule has 4 heteroatoms. The first-order chi connectivity index (χ1) is 7.29. The van der Waals surface area contributed by atoms with Crippen LogP contribution >= 0.6 is 23.2 Å². The van der Waals surface area contributed by atoms with Gasteiger partial charge in [-0.15, -0.1) is 11.6 Å². The number of carbonyl (C=O) groups is 1. The summed E-state index contributed by atoms with van der Waals surface area (Å²) >= 11 is 11.8. The normalized spacial score (nSPS) is 13.6. The zero-order valence-corrected chi connectivity index (χ0v) is 11.2. The lowest BCUT2D eigenvalue weighted by atomic mass is 10.1. The molecule has 1 unspecified atom stereocenters. The maximum atomic E-state index is 11.9. The Hall–Kier alpha value is -0.570. The highest BCUT2D eigenvalue weighted by Gasteiger charge is 2.23. The second-order valence-electron chi connectivity index (χ2n) is 4.81. The lowest BCUT2D eigenvalue weighted by Gasteiger charge is -2.25. The van der Waals surface area contributed by atoms with Crippen LogP contribution in [0.3, 0.4) is 0 Å². The zero-order valence-electron chi connectivity index (χ0n) is 9.71. The van der Waals surface area contributed by atoms with Gasteiger partial charge in [0.05, 0.1) is 21.1 Å². The Balaban J connectivity index is 2.74. The average molecular weight is 261 g/mol. The lowest BCUT2D eigenvalue weighted by Crippen LogP contribution is -2.42. The topological polar surface area (TPSA) is 17.1 Å². The van der Waals surface area contributed by atoms with E-state index in [4.69, 9.17) is 23.2 Å². The van der Waals surface area contributed by atoms with Gasteiger partial charge in [0, 0.05) is 10.6 Å². The quantitative estimate of drug-likeness (QED) is 0.462. The molecule has 88 valence electrons. The van der Waals surface area contributed by atoms with Crippen molar-refractivity contribution >= 4 is 29.0 Å². The molecule has 2 nitrogen and oxygen atoms in total. The monoisotopic (exact) mass is 260 g/mol. The van der Waals surface area contributed by atoms with Gasteiger partial charge in [0.2, 0.25) is 0 Å². The van der Waals surface area contributed by atoms with Gasteiger partial charge in [0.25, 0.3) is 0 Å². The molecule has 0 aromatic heterocycles. The Morgan fingerprint density at radius 1 is 1.25 bits per heavy atom. The van der Waals surface area contributed by atoms with Crippen LogP contribution in [-0.4, -0.2) is 43.3 Å². The van der Waals surface area contributed by atoms with E-state index in [1.54, 1.807) is 24.3 Å². The van der Waals surface area contributed by atoms with Gasteiger partial charge in [-0.2, -0.15) is 0 Å². The van der Waals surface area contributed by atoms with E-state index in [1.807, 2.05) is 21.1 Å². The summed E-state index contributed by atoms with van der Waals surface area (Å²) in [4.78, 5) is 11.9. The Kier molecular flexibility index (Phi) is 4.36. The van der Waals surface area contributed by atoms with Gasteiger partial charge in [0.1, 0.15) is 11.9 Å². The van der Waals surface area contributed by atoms with E-state index in [2.05, 4.69) is 0 Å². The van der Waals surface area contributed by atoms with Crippen LogP contribution in [0.15, 0.2) is 24.3 Å². The van der Waals surface area contributed by atoms with Crippen molar-refractivity contribution < 1.29 is 9.28 Å². The molecule has 0 spiro atoms. The fraction of sp³-hybridized carbons (Fsp3) is 0.417. The molecule has 0 aliphatic heterocycles. The van der Waals surface area contributed by atoms with Crippen molar-refractivity contribution in [2.45, 2.75) is 5.38 Å². The van der Waals surface area contributed by atoms with Crippen molar-refractivity contribution in [3.8, 4) is 0 Å². The number of hydrogen-bond acceptors (Lipinski definition) is 1. The Bertz CT molecular complexity index is 368. The number of carbonyl (C=O) groups excluding carboxylic acids is 1. The van der Waals surface area contributed by atoms with E-state index in [0.717, 1.165) is 0 Å². The fourth-order valence-corrected chi connectivity index (χ4v) is 2.02. The number of nitrogens with zero attached hydrogens (tertiary/aromatic N) is 1.